The molecule has 2 heterocycles. The molecule has 2 aromatic carbocycles. The minimum absolute atomic E-state index is 0.0320. The number of carbonyl (C=O) groups excluding carboxylic acids is 1. The summed E-state index contributed by atoms with van der Waals surface area (Å²) < 4.78 is 40.4. The Labute approximate surface area is 196 Å². The minimum Gasteiger partial charge on any atom is -0.326 e. The number of pyridine rings is 2. The average molecular weight is 477 g/mol. The Bertz CT molecular complexity index is 1490. The second-order valence-corrected chi connectivity index (χ2v) is 10.0. The van der Waals surface area contributed by atoms with Gasteiger partial charge in [-0.05, 0) is 72.2 Å². The van der Waals surface area contributed by atoms with Gasteiger partial charge in [0.2, 0.25) is 5.91 Å². The van der Waals surface area contributed by atoms with E-state index in [1.807, 2.05) is 25.1 Å². The Kier molecular flexibility index (Phi) is 5.49. The first kappa shape index (κ1) is 22.0. The number of aromatic nitrogens is 2. The van der Waals surface area contributed by atoms with Crippen LogP contribution in [-0.2, 0) is 14.8 Å². The quantitative estimate of drug-likeness (QED) is 0.423. The molecule has 1 aliphatic rings. The minimum atomic E-state index is -3.86. The van der Waals surface area contributed by atoms with Gasteiger partial charge in [0.05, 0.1) is 11.1 Å². The molecular weight excluding hydrogens is 455 g/mol. The lowest BCUT2D eigenvalue weighted by atomic mass is 10.1. The molecule has 0 radical (unpaired) electrons. The molecule has 1 saturated carbocycles. The first-order valence-corrected chi connectivity index (χ1v) is 12.2. The molecule has 34 heavy (non-hydrogen) atoms. The van der Waals surface area contributed by atoms with E-state index in [1.165, 1.54) is 18.2 Å². The highest BCUT2D eigenvalue weighted by Gasteiger charge is 2.44. The first-order chi connectivity index (χ1) is 16.3. The number of aryl methyl sites for hydroxylation is 1. The summed E-state index contributed by atoms with van der Waals surface area (Å²) in [6.07, 6.45) is 5.22. The van der Waals surface area contributed by atoms with Crippen LogP contribution >= 0.6 is 0 Å². The van der Waals surface area contributed by atoms with E-state index in [4.69, 9.17) is 0 Å². The Morgan fingerprint density at radius 1 is 1.03 bits per heavy atom. The van der Waals surface area contributed by atoms with Crippen LogP contribution in [0.5, 0.6) is 0 Å². The number of nitrogens with zero attached hydrogens (tertiary/aromatic N) is 2. The molecule has 0 saturated heterocycles. The molecule has 172 valence electrons. The molecule has 0 bridgehead atoms. The number of anilines is 2. The zero-order chi connectivity index (χ0) is 23.9. The summed E-state index contributed by atoms with van der Waals surface area (Å²) in [6.45, 7) is 1.98. The van der Waals surface area contributed by atoms with Crippen molar-refractivity contribution in [3.63, 3.8) is 0 Å². The summed E-state index contributed by atoms with van der Waals surface area (Å²) in [5.74, 6) is -0.710. The van der Waals surface area contributed by atoms with E-state index in [-0.39, 0.29) is 28.5 Å². The van der Waals surface area contributed by atoms with Crippen LogP contribution in [-0.4, -0.2) is 24.3 Å². The fourth-order valence-corrected chi connectivity index (χ4v) is 5.01. The fourth-order valence-electron chi connectivity index (χ4n) is 4.00. The number of hydrogen-bond acceptors (Lipinski definition) is 5. The number of benzene rings is 2. The van der Waals surface area contributed by atoms with Crippen LogP contribution in [0.3, 0.4) is 0 Å². The molecule has 9 heteroatoms. The van der Waals surface area contributed by atoms with Gasteiger partial charge in [-0.1, -0.05) is 18.2 Å². The SMILES string of the molecule is Cc1cncc2ccc(NC(=O)[C@@H]3C[C@@H]3c3ccc(S(=O)(=O)Nc4ccc(F)cn4)cc3)cc12. The van der Waals surface area contributed by atoms with Gasteiger partial charge >= 0.3 is 0 Å². The summed E-state index contributed by atoms with van der Waals surface area (Å²) in [5.41, 5.74) is 2.68. The standard InChI is InChI=1S/C25H21FN4O3S/c1-15-12-27-13-17-2-6-19(10-21(15)17)29-25(31)23-11-22(23)16-3-7-20(8-4-16)34(32,33)30-24-9-5-18(26)14-28-24/h2-10,12-14,22-23H,11H2,1H3,(H,28,30)(H,29,31)/t22-,23-/m1/s1. The Morgan fingerprint density at radius 2 is 1.82 bits per heavy atom. The molecule has 2 atom stereocenters. The monoisotopic (exact) mass is 476 g/mol. The van der Waals surface area contributed by atoms with Gasteiger partial charge in [0, 0.05) is 29.4 Å². The highest BCUT2D eigenvalue weighted by molar-refractivity contribution is 7.92. The fraction of sp³-hybridized carbons (Fsp3) is 0.160. The Morgan fingerprint density at radius 3 is 2.56 bits per heavy atom. The zero-order valence-corrected chi connectivity index (χ0v) is 19.0. The van der Waals surface area contributed by atoms with Crippen LogP contribution in [0.1, 0.15) is 23.5 Å². The number of nitrogens with one attached hydrogen (secondary N) is 2. The second-order valence-electron chi connectivity index (χ2n) is 8.37. The summed E-state index contributed by atoms with van der Waals surface area (Å²) in [7, 11) is -3.86. The van der Waals surface area contributed by atoms with Gasteiger partial charge in [-0.15, -0.1) is 0 Å². The van der Waals surface area contributed by atoms with Crippen molar-refractivity contribution < 1.29 is 17.6 Å². The number of sulfonamides is 1. The van der Waals surface area contributed by atoms with Crippen LogP contribution < -0.4 is 10.0 Å². The maximum absolute atomic E-state index is 13.0. The predicted molar refractivity (Wildman–Crippen MR) is 127 cm³/mol. The van der Waals surface area contributed by atoms with Crippen molar-refractivity contribution in [1.82, 2.24) is 9.97 Å². The smallest absolute Gasteiger partial charge is 0.263 e. The number of amides is 1. The summed E-state index contributed by atoms with van der Waals surface area (Å²) in [5, 5.41) is 5.05. The Balaban J connectivity index is 1.24. The lowest BCUT2D eigenvalue weighted by Gasteiger charge is -2.09. The molecule has 0 aliphatic heterocycles. The molecular formula is C25H21FN4O3S. The third-order valence-electron chi connectivity index (χ3n) is 5.94. The van der Waals surface area contributed by atoms with Gasteiger partial charge in [-0.3, -0.25) is 14.5 Å². The summed E-state index contributed by atoms with van der Waals surface area (Å²) in [6, 6.07) is 14.6. The third-order valence-corrected chi connectivity index (χ3v) is 7.31. The molecule has 1 fully saturated rings. The maximum atomic E-state index is 13.0. The molecule has 1 amide bonds. The number of fused-ring (bicyclic) bond motifs is 1. The van der Waals surface area contributed by atoms with Gasteiger partial charge in [-0.25, -0.2) is 17.8 Å². The van der Waals surface area contributed by atoms with E-state index in [9.17, 15) is 17.6 Å². The van der Waals surface area contributed by atoms with Gasteiger partial charge in [0.25, 0.3) is 10.0 Å². The molecule has 5 rings (SSSR count). The largest absolute Gasteiger partial charge is 0.326 e. The van der Waals surface area contributed by atoms with Crippen LogP contribution in [0.25, 0.3) is 10.8 Å². The van der Waals surface area contributed by atoms with Gasteiger partial charge in [0.1, 0.15) is 11.6 Å². The van der Waals surface area contributed by atoms with E-state index in [1.54, 1.807) is 24.5 Å². The first-order valence-electron chi connectivity index (χ1n) is 10.7. The lowest BCUT2D eigenvalue weighted by molar-refractivity contribution is -0.117. The lowest BCUT2D eigenvalue weighted by Crippen LogP contribution is -2.15. The topological polar surface area (TPSA) is 101 Å². The normalized spacial score (nSPS) is 17.4. The van der Waals surface area contributed by atoms with Crippen molar-refractivity contribution in [2.75, 3.05) is 10.0 Å². The third kappa shape index (κ3) is 4.47. The van der Waals surface area contributed by atoms with Crippen LogP contribution in [0.15, 0.2) is 78.1 Å². The highest BCUT2D eigenvalue weighted by atomic mass is 32.2. The van der Waals surface area contributed by atoms with E-state index >= 15 is 0 Å². The van der Waals surface area contributed by atoms with Crippen molar-refractivity contribution >= 4 is 38.2 Å². The number of rotatable bonds is 6. The van der Waals surface area contributed by atoms with E-state index < -0.39 is 15.8 Å². The van der Waals surface area contributed by atoms with Crippen molar-refractivity contribution in [3.05, 3.63) is 90.1 Å². The van der Waals surface area contributed by atoms with Crippen LogP contribution in [0.2, 0.25) is 0 Å². The van der Waals surface area contributed by atoms with Crippen molar-refractivity contribution in [2.24, 2.45) is 5.92 Å². The second kappa shape index (κ2) is 8.49. The summed E-state index contributed by atoms with van der Waals surface area (Å²) in [4.78, 5) is 20.7. The molecule has 0 unspecified atom stereocenters. The van der Waals surface area contributed by atoms with E-state index in [0.717, 1.165) is 39.8 Å². The number of halogens is 1. The molecule has 1 aliphatic carbocycles. The molecule has 4 aromatic rings. The number of carbonyl (C=O) groups is 1. The van der Waals surface area contributed by atoms with Crippen molar-refractivity contribution in [3.8, 4) is 0 Å². The molecule has 2 N–H and O–H groups in total. The predicted octanol–water partition coefficient (Wildman–Crippen LogP) is 4.62. The highest BCUT2D eigenvalue weighted by Crippen LogP contribution is 2.48. The van der Waals surface area contributed by atoms with E-state index in [0.29, 0.717) is 6.42 Å². The van der Waals surface area contributed by atoms with Crippen molar-refractivity contribution in [2.45, 2.75) is 24.2 Å². The zero-order valence-electron chi connectivity index (χ0n) is 18.2. The van der Waals surface area contributed by atoms with Crippen LogP contribution in [0.4, 0.5) is 15.9 Å². The maximum Gasteiger partial charge on any atom is 0.263 e. The molecule has 2 aromatic heterocycles. The average Bonchev–Trinajstić information content (AvgIpc) is 3.62. The number of hydrogen-bond donors (Lipinski definition) is 2. The van der Waals surface area contributed by atoms with Crippen LogP contribution in [0, 0.1) is 18.7 Å². The van der Waals surface area contributed by atoms with Gasteiger partial charge < -0.3 is 5.32 Å². The van der Waals surface area contributed by atoms with Gasteiger partial charge in [0.15, 0.2) is 0 Å². The Hall–Kier alpha value is -3.85. The van der Waals surface area contributed by atoms with E-state index in [2.05, 4.69) is 20.0 Å². The summed E-state index contributed by atoms with van der Waals surface area (Å²) >= 11 is 0. The molecule has 0 spiro atoms. The molecule has 7 nitrogen and oxygen atoms in total. The van der Waals surface area contributed by atoms with Crippen molar-refractivity contribution in [1.29, 1.82) is 0 Å². The van der Waals surface area contributed by atoms with Gasteiger partial charge in [-0.2, -0.15) is 0 Å².